The maximum absolute atomic E-state index is 11.4. The molecular weight excluding hydrogens is 198 g/mol. The van der Waals surface area contributed by atoms with Gasteiger partial charge in [-0.15, -0.1) is 0 Å². The van der Waals surface area contributed by atoms with Crippen molar-refractivity contribution < 1.29 is 9.32 Å². The summed E-state index contributed by atoms with van der Waals surface area (Å²) in [7, 11) is 0. The van der Waals surface area contributed by atoms with Crippen LogP contribution in [0, 0.1) is 0 Å². The predicted octanol–water partition coefficient (Wildman–Crippen LogP) is 0.0920. The third kappa shape index (κ3) is 2.33. The van der Waals surface area contributed by atoms with Gasteiger partial charge in [0.25, 0.3) is 0 Å². The molecule has 78 valence electrons. The molecule has 7 heteroatoms. The molecule has 2 aromatic rings. The summed E-state index contributed by atoms with van der Waals surface area (Å²) in [5.74, 6) is 0.132. The molecule has 0 atom stereocenters. The number of nitrogens with one attached hydrogen (secondary N) is 1. The van der Waals surface area contributed by atoms with Gasteiger partial charge in [-0.05, 0) is 0 Å². The van der Waals surface area contributed by atoms with Crippen molar-refractivity contribution >= 4 is 17.4 Å². The lowest BCUT2D eigenvalue weighted by Crippen LogP contribution is -2.19. The summed E-state index contributed by atoms with van der Waals surface area (Å²) in [6.45, 7) is 0.0874. The minimum Gasteiger partial charge on any atom is -0.396 e. The number of carbonyl (C=O) groups excluding carboxylic acids is 1. The first kappa shape index (κ1) is 9.25. The van der Waals surface area contributed by atoms with Crippen LogP contribution in [-0.2, 0) is 11.3 Å². The second-order valence-electron chi connectivity index (χ2n) is 2.90. The molecule has 0 saturated carbocycles. The highest BCUT2D eigenvalue weighted by Crippen LogP contribution is 2.02. The summed E-state index contributed by atoms with van der Waals surface area (Å²) < 4.78 is 6.00. The zero-order chi connectivity index (χ0) is 10.7. The van der Waals surface area contributed by atoms with Gasteiger partial charge in [0.1, 0.15) is 12.8 Å². The van der Waals surface area contributed by atoms with Gasteiger partial charge in [0.05, 0.1) is 11.9 Å². The molecule has 0 aliphatic carbocycles. The van der Waals surface area contributed by atoms with Crippen molar-refractivity contribution in [1.29, 1.82) is 0 Å². The molecule has 0 spiro atoms. The average molecular weight is 207 g/mol. The number of hydrogen-bond donors (Lipinski definition) is 2. The Bertz CT molecular complexity index is 447. The highest BCUT2D eigenvalue weighted by molar-refractivity contribution is 5.89. The number of nitrogens with two attached hydrogens (primary N) is 1. The summed E-state index contributed by atoms with van der Waals surface area (Å²) in [6, 6.07) is 1.55. The van der Waals surface area contributed by atoms with Gasteiger partial charge in [-0.2, -0.15) is 5.10 Å². The van der Waals surface area contributed by atoms with Gasteiger partial charge in [0.2, 0.25) is 5.91 Å². The SMILES string of the molecule is Nc1cnn(CC(=O)Nc2ccon2)c1. The molecule has 1 amide bonds. The van der Waals surface area contributed by atoms with E-state index in [9.17, 15) is 4.79 Å². The Morgan fingerprint density at radius 3 is 3.13 bits per heavy atom. The van der Waals surface area contributed by atoms with Crippen LogP contribution in [0.2, 0.25) is 0 Å². The van der Waals surface area contributed by atoms with Crippen LogP contribution < -0.4 is 11.1 Å². The van der Waals surface area contributed by atoms with E-state index in [-0.39, 0.29) is 12.5 Å². The van der Waals surface area contributed by atoms with E-state index < -0.39 is 0 Å². The third-order valence-electron chi connectivity index (χ3n) is 1.66. The highest BCUT2D eigenvalue weighted by Gasteiger charge is 2.05. The van der Waals surface area contributed by atoms with Crippen LogP contribution in [0.15, 0.2) is 29.2 Å². The van der Waals surface area contributed by atoms with Crippen LogP contribution in [0.5, 0.6) is 0 Å². The van der Waals surface area contributed by atoms with Crippen LogP contribution in [0.1, 0.15) is 0 Å². The lowest BCUT2D eigenvalue weighted by atomic mass is 10.5. The van der Waals surface area contributed by atoms with Crippen molar-refractivity contribution in [2.24, 2.45) is 0 Å². The van der Waals surface area contributed by atoms with E-state index in [1.165, 1.54) is 17.1 Å². The van der Waals surface area contributed by atoms with Gasteiger partial charge in [-0.25, -0.2) is 0 Å². The number of nitrogens with zero attached hydrogens (tertiary/aromatic N) is 3. The molecule has 0 aliphatic rings. The topological polar surface area (TPSA) is 99.0 Å². The predicted molar refractivity (Wildman–Crippen MR) is 51.8 cm³/mol. The van der Waals surface area contributed by atoms with Crippen LogP contribution in [-0.4, -0.2) is 20.8 Å². The number of nitrogen functional groups attached to an aromatic ring is 1. The Balaban J connectivity index is 1.93. The summed E-state index contributed by atoms with van der Waals surface area (Å²) in [5, 5.41) is 9.95. The van der Waals surface area contributed by atoms with E-state index in [4.69, 9.17) is 5.73 Å². The zero-order valence-corrected chi connectivity index (χ0v) is 7.75. The van der Waals surface area contributed by atoms with Crippen molar-refractivity contribution in [1.82, 2.24) is 14.9 Å². The Morgan fingerprint density at radius 1 is 1.67 bits per heavy atom. The number of aromatic nitrogens is 3. The summed E-state index contributed by atoms with van der Waals surface area (Å²) in [4.78, 5) is 11.4. The first-order chi connectivity index (χ1) is 7.24. The van der Waals surface area contributed by atoms with Crippen LogP contribution in [0.3, 0.4) is 0 Å². The van der Waals surface area contributed by atoms with Crippen LogP contribution in [0.4, 0.5) is 11.5 Å². The largest absolute Gasteiger partial charge is 0.396 e. The summed E-state index contributed by atoms with van der Waals surface area (Å²) >= 11 is 0. The number of amides is 1. The van der Waals surface area contributed by atoms with Gasteiger partial charge in [-0.1, -0.05) is 5.16 Å². The fraction of sp³-hybridized carbons (Fsp3) is 0.125. The smallest absolute Gasteiger partial charge is 0.247 e. The third-order valence-corrected chi connectivity index (χ3v) is 1.66. The first-order valence-corrected chi connectivity index (χ1v) is 4.22. The van der Waals surface area contributed by atoms with E-state index in [0.717, 1.165) is 0 Å². The van der Waals surface area contributed by atoms with Gasteiger partial charge in [0, 0.05) is 12.3 Å². The van der Waals surface area contributed by atoms with E-state index in [2.05, 4.69) is 20.1 Å². The standard InChI is InChI=1S/C8H9N5O2/c9-6-3-10-13(4-6)5-8(14)11-7-1-2-15-12-7/h1-4H,5,9H2,(H,11,12,14). The molecule has 2 rings (SSSR count). The zero-order valence-electron chi connectivity index (χ0n) is 7.75. The molecule has 7 nitrogen and oxygen atoms in total. The van der Waals surface area contributed by atoms with Crippen molar-refractivity contribution in [3.8, 4) is 0 Å². The van der Waals surface area contributed by atoms with Gasteiger partial charge in [0.15, 0.2) is 5.82 Å². The Labute approximate surface area is 84.8 Å². The molecule has 15 heavy (non-hydrogen) atoms. The molecule has 0 bridgehead atoms. The molecule has 2 aromatic heterocycles. The van der Waals surface area contributed by atoms with E-state index >= 15 is 0 Å². The lowest BCUT2D eigenvalue weighted by Gasteiger charge is -2.00. The van der Waals surface area contributed by atoms with Gasteiger partial charge in [-0.3, -0.25) is 9.48 Å². The van der Waals surface area contributed by atoms with Crippen LogP contribution >= 0.6 is 0 Å². The molecule has 0 fully saturated rings. The van der Waals surface area contributed by atoms with Crippen molar-refractivity contribution in [2.75, 3.05) is 11.1 Å². The van der Waals surface area contributed by atoms with Crippen molar-refractivity contribution in [2.45, 2.75) is 6.54 Å². The Kier molecular flexibility index (Phi) is 2.36. The lowest BCUT2D eigenvalue weighted by molar-refractivity contribution is -0.116. The molecule has 0 aromatic carbocycles. The van der Waals surface area contributed by atoms with Gasteiger partial charge >= 0.3 is 0 Å². The maximum Gasteiger partial charge on any atom is 0.247 e. The Hall–Kier alpha value is -2.31. The fourth-order valence-corrected chi connectivity index (χ4v) is 1.07. The molecular formula is C8H9N5O2. The molecule has 0 aliphatic heterocycles. The molecule has 0 unspecified atom stereocenters. The average Bonchev–Trinajstić information content (AvgIpc) is 2.77. The monoisotopic (exact) mass is 207 g/mol. The fourth-order valence-electron chi connectivity index (χ4n) is 1.07. The molecule has 0 radical (unpaired) electrons. The van der Waals surface area contributed by atoms with Crippen molar-refractivity contribution in [3.05, 3.63) is 24.7 Å². The maximum atomic E-state index is 11.4. The normalized spacial score (nSPS) is 10.1. The summed E-state index contributed by atoms with van der Waals surface area (Å²) in [5.41, 5.74) is 5.97. The van der Waals surface area contributed by atoms with Crippen molar-refractivity contribution in [3.63, 3.8) is 0 Å². The van der Waals surface area contributed by atoms with Crippen LogP contribution in [0.25, 0.3) is 0 Å². The van der Waals surface area contributed by atoms with E-state index in [0.29, 0.717) is 11.5 Å². The molecule has 3 N–H and O–H groups in total. The second kappa shape index (κ2) is 3.82. The molecule has 2 heterocycles. The minimum atomic E-state index is -0.244. The minimum absolute atomic E-state index is 0.0874. The highest BCUT2D eigenvalue weighted by atomic mass is 16.5. The number of anilines is 2. The number of hydrogen-bond acceptors (Lipinski definition) is 5. The quantitative estimate of drug-likeness (QED) is 0.743. The molecule has 0 saturated heterocycles. The van der Waals surface area contributed by atoms with Gasteiger partial charge < -0.3 is 15.6 Å². The second-order valence-corrected chi connectivity index (χ2v) is 2.90. The number of rotatable bonds is 3. The summed E-state index contributed by atoms with van der Waals surface area (Å²) in [6.07, 6.45) is 4.42. The Morgan fingerprint density at radius 2 is 2.53 bits per heavy atom. The van der Waals surface area contributed by atoms with E-state index in [1.54, 1.807) is 12.3 Å². The van der Waals surface area contributed by atoms with E-state index in [1.807, 2.05) is 0 Å². The number of carbonyl (C=O) groups is 1. The first-order valence-electron chi connectivity index (χ1n) is 4.22.